The lowest BCUT2D eigenvalue weighted by Gasteiger charge is -2.11. The van der Waals surface area contributed by atoms with Crippen LogP contribution in [0.25, 0.3) is 21.9 Å². The van der Waals surface area contributed by atoms with Crippen LogP contribution in [-0.2, 0) is 13.6 Å². The van der Waals surface area contributed by atoms with E-state index >= 15 is 0 Å². The van der Waals surface area contributed by atoms with Gasteiger partial charge in [-0.1, -0.05) is 48.5 Å². The number of aryl methyl sites for hydroxylation is 1. The molecule has 32 heavy (non-hydrogen) atoms. The third kappa shape index (κ3) is 3.45. The number of rotatable bonds is 5. The maximum atomic E-state index is 12.7. The Labute approximate surface area is 181 Å². The Balaban J connectivity index is 1.64. The highest BCUT2D eigenvalue weighted by Gasteiger charge is 2.18. The quantitative estimate of drug-likeness (QED) is 0.332. The Bertz CT molecular complexity index is 1570. The van der Waals surface area contributed by atoms with Gasteiger partial charge >= 0.3 is 5.69 Å². The summed E-state index contributed by atoms with van der Waals surface area (Å²) in [6.45, 7) is 0.365. The van der Waals surface area contributed by atoms with Crippen molar-refractivity contribution in [2.24, 2.45) is 12.1 Å². The summed E-state index contributed by atoms with van der Waals surface area (Å²) in [4.78, 5) is 35.8. The van der Waals surface area contributed by atoms with E-state index < -0.39 is 11.2 Å². The first-order chi connectivity index (χ1) is 15.6. The van der Waals surface area contributed by atoms with Crippen molar-refractivity contribution in [1.82, 2.24) is 24.1 Å². The van der Waals surface area contributed by atoms with E-state index in [0.717, 1.165) is 21.9 Å². The SMILES string of the molecule is Cn1c(=O)[nH]c(=O)c2c1nc(N/N=C\c1cccnc1)n2Cc1cccc2ccccc12. The van der Waals surface area contributed by atoms with Crippen LogP contribution in [0.5, 0.6) is 0 Å². The zero-order chi connectivity index (χ0) is 22.1. The van der Waals surface area contributed by atoms with Crippen LogP contribution in [0.3, 0.4) is 0 Å². The molecule has 0 atom stereocenters. The van der Waals surface area contributed by atoms with Crippen LogP contribution in [-0.4, -0.2) is 30.3 Å². The molecule has 0 unspecified atom stereocenters. The van der Waals surface area contributed by atoms with Crippen LogP contribution in [0, 0.1) is 0 Å². The normalized spacial score (nSPS) is 11.5. The molecule has 0 aliphatic carbocycles. The van der Waals surface area contributed by atoms with Gasteiger partial charge in [0.25, 0.3) is 5.56 Å². The van der Waals surface area contributed by atoms with Crippen molar-refractivity contribution in [3.05, 3.63) is 99.0 Å². The molecule has 0 aliphatic heterocycles. The summed E-state index contributed by atoms with van der Waals surface area (Å²) in [6.07, 6.45) is 4.97. The lowest BCUT2D eigenvalue weighted by molar-refractivity contribution is 0.811. The highest BCUT2D eigenvalue weighted by Crippen LogP contribution is 2.23. The Morgan fingerprint density at radius 3 is 2.78 bits per heavy atom. The molecular formula is C23H19N7O2. The van der Waals surface area contributed by atoms with Gasteiger partial charge in [0.1, 0.15) is 0 Å². The van der Waals surface area contributed by atoms with Gasteiger partial charge in [-0.2, -0.15) is 10.1 Å². The Hall–Kier alpha value is -4.53. The first kappa shape index (κ1) is 19.4. The minimum atomic E-state index is -0.525. The number of hydrazone groups is 1. The van der Waals surface area contributed by atoms with Crippen molar-refractivity contribution in [3.8, 4) is 0 Å². The van der Waals surface area contributed by atoms with E-state index in [1.807, 2.05) is 54.6 Å². The molecular weight excluding hydrogens is 406 g/mol. The fraction of sp³-hybridized carbons (Fsp3) is 0.0870. The van der Waals surface area contributed by atoms with Crippen molar-refractivity contribution >= 4 is 34.1 Å². The van der Waals surface area contributed by atoms with Crippen molar-refractivity contribution in [3.63, 3.8) is 0 Å². The number of benzene rings is 2. The van der Waals surface area contributed by atoms with Crippen LogP contribution in [0.15, 0.2) is 81.7 Å². The highest BCUT2D eigenvalue weighted by atomic mass is 16.2. The van der Waals surface area contributed by atoms with Crippen molar-refractivity contribution < 1.29 is 0 Å². The number of aromatic nitrogens is 5. The zero-order valence-corrected chi connectivity index (χ0v) is 17.2. The minimum absolute atomic E-state index is 0.276. The van der Waals surface area contributed by atoms with Crippen molar-refractivity contribution in [2.75, 3.05) is 5.43 Å². The minimum Gasteiger partial charge on any atom is -0.298 e. The van der Waals surface area contributed by atoms with Crippen molar-refractivity contribution in [1.29, 1.82) is 0 Å². The van der Waals surface area contributed by atoms with Gasteiger partial charge in [0.2, 0.25) is 5.95 Å². The first-order valence-electron chi connectivity index (χ1n) is 9.97. The summed E-state index contributed by atoms with van der Waals surface area (Å²) >= 11 is 0. The highest BCUT2D eigenvalue weighted by molar-refractivity contribution is 5.86. The Kier molecular flexibility index (Phi) is 4.83. The number of hydrogen-bond donors (Lipinski definition) is 2. The molecule has 0 radical (unpaired) electrons. The smallest absolute Gasteiger partial charge is 0.298 e. The van der Waals surface area contributed by atoms with Gasteiger partial charge in [-0.25, -0.2) is 10.2 Å². The number of nitrogens with one attached hydrogen (secondary N) is 2. The fourth-order valence-corrected chi connectivity index (χ4v) is 3.69. The van der Waals surface area contributed by atoms with Gasteiger partial charge in [-0.05, 0) is 22.4 Å². The number of aromatic amines is 1. The predicted octanol–water partition coefficient (Wildman–Crippen LogP) is 2.47. The van der Waals surface area contributed by atoms with E-state index in [0.29, 0.717) is 18.0 Å². The average Bonchev–Trinajstić information content (AvgIpc) is 3.17. The van der Waals surface area contributed by atoms with Gasteiger partial charge < -0.3 is 0 Å². The fourth-order valence-electron chi connectivity index (χ4n) is 3.69. The molecule has 2 aromatic carbocycles. The van der Waals surface area contributed by atoms with Crippen LogP contribution < -0.4 is 16.7 Å². The molecule has 5 aromatic rings. The maximum Gasteiger partial charge on any atom is 0.329 e. The lowest BCUT2D eigenvalue weighted by atomic mass is 10.0. The molecule has 3 heterocycles. The molecule has 9 heteroatoms. The molecule has 0 saturated heterocycles. The summed E-state index contributed by atoms with van der Waals surface area (Å²) in [7, 11) is 1.57. The standard InChI is InChI=1S/C23H19N7O2/c1-29-20-19(21(31)27-23(29)32)30(14-17-9-4-8-16-7-2-3-10-18(16)17)22(26-20)28-25-13-15-6-5-11-24-12-15/h2-13H,14H2,1H3,(H,26,28)(H,27,31,32)/b25-13-. The number of fused-ring (bicyclic) bond motifs is 2. The van der Waals surface area contributed by atoms with Crippen LogP contribution in [0.4, 0.5) is 5.95 Å². The lowest BCUT2D eigenvalue weighted by Crippen LogP contribution is -2.29. The molecule has 0 amide bonds. The number of anilines is 1. The van der Waals surface area contributed by atoms with Crippen LogP contribution in [0.2, 0.25) is 0 Å². The third-order valence-electron chi connectivity index (χ3n) is 5.28. The largest absolute Gasteiger partial charge is 0.329 e. The summed E-state index contributed by atoms with van der Waals surface area (Å²) in [5, 5.41) is 6.42. The Morgan fingerprint density at radius 1 is 1.09 bits per heavy atom. The average molecular weight is 425 g/mol. The number of H-pyrrole nitrogens is 1. The van der Waals surface area contributed by atoms with Gasteiger partial charge in [-0.3, -0.25) is 23.9 Å². The van der Waals surface area contributed by atoms with E-state index in [4.69, 9.17) is 0 Å². The molecule has 158 valence electrons. The van der Waals surface area contributed by atoms with Gasteiger partial charge in [0.15, 0.2) is 11.2 Å². The second kappa shape index (κ2) is 7.95. The molecule has 9 nitrogen and oxygen atoms in total. The van der Waals surface area contributed by atoms with E-state index in [9.17, 15) is 9.59 Å². The first-order valence-corrected chi connectivity index (χ1v) is 9.97. The number of hydrogen-bond acceptors (Lipinski definition) is 6. The maximum absolute atomic E-state index is 12.7. The second-order valence-electron chi connectivity index (χ2n) is 7.31. The zero-order valence-electron chi connectivity index (χ0n) is 17.2. The molecule has 3 aromatic heterocycles. The molecule has 0 spiro atoms. The molecule has 0 bridgehead atoms. The van der Waals surface area contributed by atoms with Gasteiger partial charge in [0, 0.05) is 25.0 Å². The monoisotopic (exact) mass is 425 g/mol. The molecule has 0 saturated carbocycles. The molecule has 2 N–H and O–H groups in total. The van der Waals surface area contributed by atoms with Crippen molar-refractivity contribution in [2.45, 2.75) is 6.54 Å². The number of nitrogens with zero attached hydrogens (tertiary/aromatic N) is 5. The predicted molar refractivity (Wildman–Crippen MR) is 124 cm³/mol. The van der Waals surface area contributed by atoms with Crippen LogP contribution in [0.1, 0.15) is 11.1 Å². The Morgan fingerprint density at radius 2 is 1.94 bits per heavy atom. The molecule has 5 rings (SSSR count). The molecule has 0 aliphatic rings. The number of imidazole rings is 1. The topological polar surface area (TPSA) is 110 Å². The van der Waals surface area contributed by atoms with Gasteiger partial charge in [-0.15, -0.1) is 0 Å². The second-order valence-corrected chi connectivity index (χ2v) is 7.31. The third-order valence-corrected chi connectivity index (χ3v) is 5.28. The van der Waals surface area contributed by atoms with Gasteiger partial charge in [0.05, 0.1) is 12.8 Å². The summed E-state index contributed by atoms with van der Waals surface area (Å²) in [5.74, 6) is 0.347. The van der Waals surface area contributed by atoms with E-state index in [1.54, 1.807) is 30.2 Å². The summed E-state index contributed by atoms with van der Waals surface area (Å²) < 4.78 is 3.04. The number of pyridine rings is 1. The van der Waals surface area contributed by atoms with E-state index in [2.05, 4.69) is 25.5 Å². The van der Waals surface area contributed by atoms with E-state index in [1.165, 1.54) is 4.57 Å². The molecule has 0 fully saturated rings. The summed E-state index contributed by atoms with van der Waals surface area (Å²) in [6, 6.07) is 17.7. The van der Waals surface area contributed by atoms with E-state index in [-0.39, 0.29) is 5.65 Å². The summed E-state index contributed by atoms with van der Waals surface area (Å²) in [5.41, 5.74) is 4.28. The van der Waals surface area contributed by atoms with Crippen LogP contribution >= 0.6 is 0 Å².